The molecule has 0 nitrogen and oxygen atoms in total. The molecule has 0 saturated heterocycles. The smallest absolute Gasteiger partial charge is 0.00604 e. The maximum absolute atomic E-state index is 3.51. The zero-order chi connectivity index (χ0) is 14.2. The Bertz CT molecular complexity index is 897. The first-order valence-electron chi connectivity index (χ1n) is 7.23. The van der Waals surface area contributed by atoms with Gasteiger partial charge in [0.2, 0.25) is 0 Å². The third kappa shape index (κ3) is 1.92. The molecule has 0 atom stereocenters. The van der Waals surface area contributed by atoms with Gasteiger partial charge in [-0.1, -0.05) is 72.8 Å². The minimum atomic E-state index is 1.18. The first kappa shape index (κ1) is 12.2. The molecule has 0 bridgehead atoms. The van der Waals surface area contributed by atoms with Gasteiger partial charge in [-0.2, -0.15) is 0 Å². The van der Waals surface area contributed by atoms with Crippen molar-refractivity contribution in [2.45, 2.75) is 6.92 Å². The van der Waals surface area contributed by atoms with Crippen LogP contribution in [0.15, 0.2) is 72.8 Å². The van der Waals surface area contributed by atoms with Gasteiger partial charge < -0.3 is 0 Å². The van der Waals surface area contributed by atoms with Gasteiger partial charge in [0.25, 0.3) is 0 Å². The van der Waals surface area contributed by atoms with E-state index in [2.05, 4.69) is 85.8 Å². The van der Waals surface area contributed by atoms with Crippen molar-refractivity contribution in [2.24, 2.45) is 0 Å². The molecule has 99 valence electrons. The van der Waals surface area contributed by atoms with Crippen LogP contribution in [0.2, 0.25) is 0 Å². The van der Waals surface area contributed by atoms with Crippen LogP contribution in [0.4, 0.5) is 0 Å². The Morgan fingerprint density at radius 2 is 1.38 bits per heavy atom. The second kappa shape index (κ2) is 4.75. The minimum absolute atomic E-state index is 1.18. The molecule has 4 rings (SSSR count). The molecule has 2 aliphatic carbocycles. The number of fused-ring (bicyclic) bond motifs is 2. The summed E-state index contributed by atoms with van der Waals surface area (Å²) >= 11 is 0. The first-order chi connectivity index (χ1) is 10.3. The Balaban J connectivity index is 2.09. The molecule has 2 aromatic carbocycles. The first-order valence-corrected chi connectivity index (χ1v) is 7.23. The van der Waals surface area contributed by atoms with E-state index in [9.17, 15) is 0 Å². The van der Waals surface area contributed by atoms with Crippen LogP contribution < -0.4 is 0 Å². The van der Waals surface area contributed by atoms with Gasteiger partial charge in [0.15, 0.2) is 0 Å². The maximum Gasteiger partial charge on any atom is -0.00604 e. The van der Waals surface area contributed by atoms with Gasteiger partial charge in [-0.3, -0.25) is 0 Å². The highest BCUT2D eigenvalue weighted by Crippen LogP contribution is 2.40. The van der Waals surface area contributed by atoms with E-state index >= 15 is 0 Å². The van der Waals surface area contributed by atoms with Crippen molar-refractivity contribution in [3.63, 3.8) is 0 Å². The number of hydrogen-bond donors (Lipinski definition) is 0. The summed E-state index contributed by atoms with van der Waals surface area (Å²) in [7, 11) is 0. The van der Waals surface area contributed by atoms with Crippen molar-refractivity contribution < 1.29 is 0 Å². The van der Waals surface area contributed by atoms with Crippen molar-refractivity contribution >= 4 is 10.8 Å². The summed E-state index contributed by atoms with van der Waals surface area (Å²) in [4.78, 5) is 0. The quantitative estimate of drug-likeness (QED) is 0.414. The topological polar surface area (TPSA) is 0 Å². The predicted octanol–water partition coefficient (Wildman–Crippen LogP) is 5.72. The Morgan fingerprint density at radius 1 is 0.667 bits per heavy atom. The molecular formula is C21H15. The molecule has 2 aromatic rings. The third-order valence-corrected chi connectivity index (χ3v) is 4.06. The van der Waals surface area contributed by atoms with E-state index in [0.29, 0.717) is 0 Å². The molecule has 0 fully saturated rings. The van der Waals surface area contributed by atoms with Gasteiger partial charge in [0.05, 0.1) is 0 Å². The lowest BCUT2D eigenvalue weighted by Crippen LogP contribution is -1.83. The van der Waals surface area contributed by atoms with E-state index in [1.165, 1.54) is 38.6 Å². The number of rotatable bonds is 1. The molecule has 0 spiro atoms. The maximum atomic E-state index is 3.51. The molecule has 0 aromatic heterocycles. The zero-order valence-electron chi connectivity index (χ0n) is 11.9. The molecule has 21 heavy (non-hydrogen) atoms. The number of hydrogen-bond acceptors (Lipinski definition) is 0. The van der Waals surface area contributed by atoms with Gasteiger partial charge in [-0.15, -0.1) is 0 Å². The van der Waals surface area contributed by atoms with Crippen LogP contribution >= 0.6 is 0 Å². The van der Waals surface area contributed by atoms with Crippen LogP contribution in [0.25, 0.3) is 33.0 Å². The fourth-order valence-corrected chi connectivity index (χ4v) is 3.13. The highest BCUT2D eigenvalue weighted by Gasteiger charge is 2.15. The summed E-state index contributed by atoms with van der Waals surface area (Å²) in [6.45, 7) is 2.15. The normalized spacial score (nSPS) is 11.1. The van der Waals surface area contributed by atoms with Crippen molar-refractivity contribution in [3.8, 4) is 22.3 Å². The average molecular weight is 267 g/mol. The Morgan fingerprint density at radius 3 is 2.33 bits per heavy atom. The standard InChI is InChI=1S/C21H15/c1-15-14-17-9-3-2-4-12-19(17)21(15)20-13-7-10-16-8-5-6-11-18(16)20/h2-13H,1H3. The number of aryl methyl sites for hydroxylation is 1. The highest BCUT2D eigenvalue weighted by molar-refractivity contribution is 6.02. The van der Waals surface area contributed by atoms with Gasteiger partial charge in [-0.05, 0) is 51.6 Å². The predicted molar refractivity (Wildman–Crippen MR) is 89.6 cm³/mol. The lowest BCUT2D eigenvalue weighted by Gasteiger charge is -2.09. The van der Waals surface area contributed by atoms with Crippen molar-refractivity contribution in [1.29, 1.82) is 0 Å². The molecule has 2 aliphatic rings. The van der Waals surface area contributed by atoms with E-state index in [0.717, 1.165) is 0 Å². The van der Waals surface area contributed by atoms with Gasteiger partial charge in [-0.25, -0.2) is 0 Å². The van der Waals surface area contributed by atoms with Crippen molar-refractivity contribution in [1.82, 2.24) is 0 Å². The largest absolute Gasteiger partial charge is 0.0622 e. The highest BCUT2D eigenvalue weighted by atomic mass is 14.2. The second-order valence-electron chi connectivity index (χ2n) is 5.39. The van der Waals surface area contributed by atoms with E-state index in [1.54, 1.807) is 0 Å². The Kier molecular flexibility index (Phi) is 2.75. The summed E-state index contributed by atoms with van der Waals surface area (Å²) in [5, 5.41) is 2.58. The summed E-state index contributed by atoms with van der Waals surface area (Å²) in [6, 6.07) is 29.2. The molecule has 0 N–H and O–H groups in total. The summed E-state index contributed by atoms with van der Waals surface area (Å²) in [5.74, 6) is 0. The van der Waals surface area contributed by atoms with Crippen LogP contribution in [0.3, 0.4) is 0 Å². The molecule has 0 aliphatic heterocycles. The average Bonchev–Trinajstić information content (AvgIpc) is 2.68. The van der Waals surface area contributed by atoms with Crippen LogP contribution in [0.1, 0.15) is 5.56 Å². The van der Waals surface area contributed by atoms with Crippen LogP contribution in [0, 0.1) is 13.0 Å². The molecule has 0 unspecified atom stereocenters. The summed E-state index contributed by atoms with van der Waals surface area (Å²) in [6.07, 6.45) is 0. The second-order valence-corrected chi connectivity index (χ2v) is 5.39. The Labute approximate surface area is 125 Å². The number of benzene rings is 2. The molecule has 0 saturated carbocycles. The van der Waals surface area contributed by atoms with E-state index < -0.39 is 0 Å². The van der Waals surface area contributed by atoms with Crippen LogP contribution in [-0.2, 0) is 0 Å². The monoisotopic (exact) mass is 267 g/mol. The van der Waals surface area contributed by atoms with Crippen LogP contribution in [-0.4, -0.2) is 0 Å². The van der Waals surface area contributed by atoms with Gasteiger partial charge in [0.1, 0.15) is 0 Å². The zero-order valence-corrected chi connectivity index (χ0v) is 11.9. The van der Waals surface area contributed by atoms with Crippen LogP contribution in [0.5, 0.6) is 0 Å². The molecular weight excluding hydrogens is 252 g/mol. The lowest BCUT2D eigenvalue weighted by molar-refractivity contribution is 1.53. The summed E-state index contributed by atoms with van der Waals surface area (Å²) in [5.41, 5.74) is 6.27. The molecule has 0 amide bonds. The van der Waals surface area contributed by atoms with E-state index in [4.69, 9.17) is 0 Å². The summed E-state index contributed by atoms with van der Waals surface area (Å²) < 4.78 is 0. The molecule has 0 heteroatoms. The van der Waals surface area contributed by atoms with Crippen molar-refractivity contribution in [3.05, 3.63) is 84.4 Å². The van der Waals surface area contributed by atoms with E-state index in [1.807, 2.05) is 0 Å². The Hall–Kier alpha value is -2.60. The van der Waals surface area contributed by atoms with E-state index in [-0.39, 0.29) is 0 Å². The van der Waals surface area contributed by atoms with Crippen molar-refractivity contribution in [2.75, 3.05) is 0 Å². The minimum Gasteiger partial charge on any atom is -0.0622 e. The fourth-order valence-electron chi connectivity index (χ4n) is 3.13. The van der Waals surface area contributed by atoms with Gasteiger partial charge >= 0.3 is 0 Å². The van der Waals surface area contributed by atoms with Gasteiger partial charge in [0, 0.05) is 0 Å². The molecule has 1 radical (unpaired) electrons. The third-order valence-electron chi connectivity index (χ3n) is 4.06. The SMILES string of the molecule is Cc1[c]c2cccccc-2c1-c1cccc2ccccc12. The molecule has 0 heterocycles. The lowest BCUT2D eigenvalue weighted by atomic mass is 9.95. The fraction of sp³-hybridized carbons (Fsp3) is 0.0476.